The molecule has 7 nitrogen and oxygen atoms in total. The first kappa shape index (κ1) is 17.7. The van der Waals surface area contributed by atoms with Crippen molar-refractivity contribution in [1.82, 2.24) is 24.7 Å². The second-order valence-electron chi connectivity index (χ2n) is 7.17. The number of aromatic nitrogens is 5. The van der Waals surface area contributed by atoms with Crippen LogP contribution in [-0.4, -0.2) is 30.6 Å². The number of carbonyl (C=O) groups is 1. The molecule has 0 N–H and O–H groups in total. The number of thiazole rings is 1. The third-order valence-electron chi connectivity index (χ3n) is 5.01. The third-order valence-corrected chi connectivity index (χ3v) is 5.60. The Bertz CT molecular complexity index is 1200. The summed E-state index contributed by atoms with van der Waals surface area (Å²) in [6.07, 6.45) is 1.70. The van der Waals surface area contributed by atoms with Crippen LogP contribution in [0.25, 0.3) is 22.8 Å². The second kappa shape index (κ2) is 6.89. The van der Waals surface area contributed by atoms with Crippen LogP contribution in [0.2, 0.25) is 0 Å². The summed E-state index contributed by atoms with van der Waals surface area (Å²) in [5.74, 6) is 1.25. The molecule has 3 aromatic heterocycles. The lowest BCUT2D eigenvalue weighted by atomic mass is 10.0. The Morgan fingerprint density at radius 2 is 2.03 bits per heavy atom. The van der Waals surface area contributed by atoms with Gasteiger partial charge in [0, 0.05) is 22.5 Å². The first-order chi connectivity index (χ1) is 14.1. The summed E-state index contributed by atoms with van der Waals surface area (Å²) in [5.41, 5.74) is 6.02. The van der Waals surface area contributed by atoms with Gasteiger partial charge in [-0.25, -0.2) is 9.97 Å². The minimum Gasteiger partial charge on any atom is -0.310 e. The minimum atomic E-state index is -0.0490. The van der Waals surface area contributed by atoms with Gasteiger partial charge in [-0.15, -0.1) is 21.5 Å². The van der Waals surface area contributed by atoms with Gasteiger partial charge in [0.1, 0.15) is 17.8 Å². The number of hydrogen-bond donors (Lipinski definition) is 0. The quantitative estimate of drug-likeness (QED) is 0.511. The summed E-state index contributed by atoms with van der Waals surface area (Å²) >= 11 is 1.54. The van der Waals surface area contributed by atoms with Crippen molar-refractivity contribution in [3.63, 3.8) is 0 Å². The third kappa shape index (κ3) is 3.01. The van der Waals surface area contributed by atoms with Crippen LogP contribution in [0.4, 0.5) is 5.82 Å². The molecule has 29 heavy (non-hydrogen) atoms. The molecule has 0 bridgehead atoms. The predicted octanol–water partition coefficient (Wildman–Crippen LogP) is 4.20. The van der Waals surface area contributed by atoms with E-state index in [4.69, 9.17) is 4.98 Å². The number of amides is 1. The summed E-state index contributed by atoms with van der Waals surface area (Å²) in [7, 11) is 0. The molecule has 0 saturated carbocycles. The number of pyridine rings is 1. The molecule has 1 aliphatic heterocycles. The van der Waals surface area contributed by atoms with Gasteiger partial charge in [0.2, 0.25) is 0 Å². The van der Waals surface area contributed by atoms with Gasteiger partial charge < -0.3 is 4.57 Å². The normalized spacial score (nSPS) is 13.3. The van der Waals surface area contributed by atoms with E-state index in [-0.39, 0.29) is 11.9 Å². The first-order valence-electron chi connectivity index (χ1n) is 9.32. The van der Waals surface area contributed by atoms with Crippen LogP contribution in [0.3, 0.4) is 0 Å². The molecule has 8 heteroatoms. The highest BCUT2D eigenvalue weighted by molar-refractivity contribution is 7.07. The zero-order valence-electron chi connectivity index (χ0n) is 16.0. The summed E-state index contributed by atoms with van der Waals surface area (Å²) in [6.45, 7) is 4.63. The van der Waals surface area contributed by atoms with Crippen LogP contribution in [0.5, 0.6) is 0 Å². The highest BCUT2D eigenvalue weighted by Gasteiger charge is 2.30. The molecule has 0 radical (unpaired) electrons. The number of nitrogens with zero attached hydrogens (tertiary/aromatic N) is 6. The Morgan fingerprint density at radius 3 is 2.83 bits per heavy atom. The number of benzene rings is 1. The van der Waals surface area contributed by atoms with Gasteiger partial charge in [0.05, 0.1) is 17.7 Å². The average Bonchev–Trinajstić information content (AvgIpc) is 3.48. The average molecular weight is 402 g/mol. The van der Waals surface area contributed by atoms with Crippen LogP contribution < -0.4 is 4.90 Å². The van der Waals surface area contributed by atoms with Crippen molar-refractivity contribution in [2.45, 2.75) is 26.4 Å². The lowest BCUT2D eigenvalue weighted by molar-refractivity contribution is 0.0996. The van der Waals surface area contributed by atoms with Gasteiger partial charge in [0.15, 0.2) is 5.82 Å². The molecule has 4 aromatic rings. The molecule has 0 spiro atoms. The molecule has 0 saturated heterocycles. The van der Waals surface area contributed by atoms with E-state index in [9.17, 15) is 4.79 Å². The van der Waals surface area contributed by atoms with Gasteiger partial charge in [-0.1, -0.05) is 18.2 Å². The molecule has 5 rings (SSSR count). The standard InChI is InChI=1S/C21H18N6OS/c1-13(2)27-11-23-25-20(27)17-4-3-5-19(24-17)26-9-15-7-6-14(8-16(15)21(26)28)18-10-29-12-22-18/h3-8,10-13H,9H2,1-2H3. The van der Waals surface area contributed by atoms with Crippen molar-refractivity contribution < 1.29 is 4.79 Å². The minimum absolute atomic E-state index is 0.0490. The van der Waals surface area contributed by atoms with Crippen LogP contribution in [0.15, 0.2) is 53.6 Å². The van der Waals surface area contributed by atoms with Crippen LogP contribution in [0, 0.1) is 0 Å². The molecule has 1 amide bonds. The van der Waals surface area contributed by atoms with Crippen molar-refractivity contribution in [3.8, 4) is 22.8 Å². The van der Waals surface area contributed by atoms with E-state index in [1.807, 2.05) is 46.3 Å². The van der Waals surface area contributed by atoms with E-state index in [1.165, 1.54) is 11.3 Å². The Balaban J connectivity index is 1.49. The monoisotopic (exact) mass is 402 g/mol. The molecule has 144 valence electrons. The van der Waals surface area contributed by atoms with Crippen LogP contribution in [0.1, 0.15) is 35.8 Å². The fourth-order valence-electron chi connectivity index (χ4n) is 3.50. The molecule has 1 aliphatic rings. The van der Waals surface area contributed by atoms with E-state index < -0.39 is 0 Å². The van der Waals surface area contributed by atoms with Crippen LogP contribution >= 0.6 is 11.3 Å². The number of anilines is 1. The molecule has 0 unspecified atom stereocenters. The lowest BCUT2D eigenvalue weighted by Gasteiger charge is -2.16. The van der Waals surface area contributed by atoms with Gasteiger partial charge in [-0.05, 0) is 37.6 Å². The Morgan fingerprint density at radius 1 is 1.14 bits per heavy atom. The fraction of sp³-hybridized carbons (Fsp3) is 0.190. The number of carbonyl (C=O) groups excluding carboxylic acids is 1. The SMILES string of the molecule is CC(C)n1cnnc1-c1cccc(N2Cc3ccc(-c4cscn4)cc3C2=O)n1. The number of rotatable bonds is 4. The number of fused-ring (bicyclic) bond motifs is 1. The first-order valence-corrected chi connectivity index (χ1v) is 10.3. The Kier molecular flexibility index (Phi) is 4.21. The van der Waals surface area contributed by atoms with E-state index in [0.29, 0.717) is 29.4 Å². The molecule has 1 aromatic carbocycles. The summed E-state index contributed by atoms with van der Waals surface area (Å²) < 4.78 is 1.97. The van der Waals surface area contributed by atoms with E-state index in [1.54, 1.807) is 16.7 Å². The Hall–Kier alpha value is -3.39. The van der Waals surface area contributed by atoms with E-state index >= 15 is 0 Å². The zero-order chi connectivity index (χ0) is 20.0. The highest BCUT2D eigenvalue weighted by Crippen LogP contribution is 2.31. The summed E-state index contributed by atoms with van der Waals surface area (Å²) in [6, 6.07) is 11.8. The highest BCUT2D eigenvalue weighted by atomic mass is 32.1. The lowest BCUT2D eigenvalue weighted by Crippen LogP contribution is -2.24. The van der Waals surface area contributed by atoms with Gasteiger partial charge in [-0.2, -0.15) is 0 Å². The van der Waals surface area contributed by atoms with Crippen molar-refractivity contribution in [1.29, 1.82) is 0 Å². The summed E-state index contributed by atoms with van der Waals surface area (Å²) in [5, 5.41) is 10.2. The van der Waals surface area contributed by atoms with Crippen molar-refractivity contribution >= 4 is 23.1 Å². The number of hydrogen-bond acceptors (Lipinski definition) is 6. The fourth-order valence-corrected chi connectivity index (χ4v) is 4.06. The zero-order valence-corrected chi connectivity index (χ0v) is 16.8. The van der Waals surface area contributed by atoms with E-state index in [0.717, 1.165) is 16.8 Å². The maximum atomic E-state index is 13.1. The van der Waals surface area contributed by atoms with Gasteiger partial charge in [-0.3, -0.25) is 9.69 Å². The maximum absolute atomic E-state index is 13.1. The summed E-state index contributed by atoms with van der Waals surface area (Å²) in [4.78, 5) is 23.9. The second-order valence-corrected chi connectivity index (χ2v) is 7.89. The maximum Gasteiger partial charge on any atom is 0.260 e. The predicted molar refractivity (Wildman–Crippen MR) is 112 cm³/mol. The molecular weight excluding hydrogens is 384 g/mol. The van der Waals surface area contributed by atoms with Crippen molar-refractivity contribution in [2.75, 3.05) is 4.90 Å². The molecule has 0 atom stereocenters. The largest absolute Gasteiger partial charge is 0.310 e. The molecular formula is C21H18N6OS. The topological polar surface area (TPSA) is 76.8 Å². The smallest absolute Gasteiger partial charge is 0.260 e. The van der Waals surface area contributed by atoms with Gasteiger partial charge >= 0.3 is 0 Å². The molecule has 0 fully saturated rings. The van der Waals surface area contributed by atoms with Gasteiger partial charge in [0.25, 0.3) is 5.91 Å². The van der Waals surface area contributed by atoms with Crippen molar-refractivity contribution in [2.24, 2.45) is 0 Å². The Labute approximate surface area is 171 Å². The van der Waals surface area contributed by atoms with Crippen molar-refractivity contribution in [3.05, 3.63) is 64.7 Å². The molecule has 0 aliphatic carbocycles. The van der Waals surface area contributed by atoms with E-state index in [2.05, 4.69) is 29.0 Å². The molecule has 4 heterocycles. The van der Waals surface area contributed by atoms with Crippen LogP contribution in [-0.2, 0) is 6.54 Å².